The normalized spacial score (nSPS) is 28.2. The van der Waals surface area contributed by atoms with Gasteiger partial charge in [-0.1, -0.05) is 39.0 Å². The first-order valence-electron chi connectivity index (χ1n) is 8.38. The molecule has 1 aliphatic carbocycles. The Balaban J connectivity index is 1.85. The van der Waals surface area contributed by atoms with Crippen LogP contribution in [0.1, 0.15) is 71.1 Å². The number of likely N-dealkylation sites (tertiary alicyclic amines) is 1. The lowest BCUT2D eigenvalue weighted by Gasteiger charge is -2.41. The van der Waals surface area contributed by atoms with Gasteiger partial charge in [-0.05, 0) is 45.2 Å². The highest BCUT2D eigenvalue weighted by molar-refractivity contribution is 4.85. The van der Waals surface area contributed by atoms with E-state index in [1.165, 1.54) is 83.8 Å². The van der Waals surface area contributed by atoms with E-state index in [1.54, 1.807) is 0 Å². The molecule has 2 heteroatoms. The van der Waals surface area contributed by atoms with E-state index in [9.17, 15) is 0 Å². The molecule has 1 saturated heterocycles. The molecular weight excluding hydrogens is 220 g/mol. The minimum absolute atomic E-state index is 0.827. The summed E-state index contributed by atoms with van der Waals surface area (Å²) in [4.78, 5) is 2.87. The maximum atomic E-state index is 3.65. The van der Waals surface area contributed by atoms with E-state index in [0.29, 0.717) is 0 Å². The van der Waals surface area contributed by atoms with Crippen LogP contribution in [-0.4, -0.2) is 36.6 Å². The molecule has 1 aliphatic heterocycles. The first kappa shape index (κ1) is 14.3. The molecule has 0 bridgehead atoms. The van der Waals surface area contributed by atoms with Gasteiger partial charge in [0.2, 0.25) is 0 Å². The predicted octanol–water partition coefficient (Wildman–Crippen LogP) is 3.56. The molecule has 0 aromatic heterocycles. The van der Waals surface area contributed by atoms with Crippen molar-refractivity contribution < 1.29 is 0 Å². The Morgan fingerprint density at radius 3 is 2.39 bits per heavy atom. The highest BCUT2D eigenvalue weighted by atomic mass is 15.2. The van der Waals surface area contributed by atoms with Crippen molar-refractivity contribution in [3.63, 3.8) is 0 Å². The fraction of sp³-hybridized carbons (Fsp3) is 1.00. The minimum Gasteiger partial charge on any atom is -0.315 e. The van der Waals surface area contributed by atoms with E-state index in [4.69, 9.17) is 0 Å². The van der Waals surface area contributed by atoms with Gasteiger partial charge >= 0.3 is 0 Å². The molecule has 106 valence electrons. The van der Waals surface area contributed by atoms with Gasteiger partial charge in [0.05, 0.1) is 0 Å². The fourth-order valence-corrected chi connectivity index (χ4v) is 3.76. The number of hydrogen-bond donors (Lipinski definition) is 1. The molecule has 18 heavy (non-hydrogen) atoms. The number of nitrogens with one attached hydrogen (secondary N) is 1. The van der Waals surface area contributed by atoms with Crippen molar-refractivity contribution in [3.8, 4) is 0 Å². The van der Waals surface area contributed by atoms with Crippen molar-refractivity contribution in [2.24, 2.45) is 0 Å². The Kier molecular flexibility index (Phi) is 6.50. The molecule has 0 aromatic rings. The summed E-state index contributed by atoms with van der Waals surface area (Å²) in [5, 5.41) is 3.65. The van der Waals surface area contributed by atoms with Gasteiger partial charge in [0.25, 0.3) is 0 Å². The van der Waals surface area contributed by atoms with Crippen molar-refractivity contribution in [2.45, 2.75) is 83.2 Å². The van der Waals surface area contributed by atoms with Crippen molar-refractivity contribution in [1.82, 2.24) is 10.2 Å². The van der Waals surface area contributed by atoms with Gasteiger partial charge in [-0.25, -0.2) is 0 Å². The first-order valence-corrected chi connectivity index (χ1v) is 8.38. The largest absolute Gasteiger partial charge is 0.315 e. The molecule has 1 atom stereocenters. The van der Waals surface area contributed by atoms with Crippen LogP contribution in [0.4, 0.5) is 0 Å². The van der Waals surface area contributed by atoms with Crippen molar-refractivity contribution in [1.29, 1.82) is 0 Å². The molecule has 0 aromatic carbocycles. The van der Waals surface area contributed by atoms with Gasteiger partial charge in [0.1, 0.15) is 0 Å². The molecular formula is C16H32N2. The third-order valence-electron chi connectivity index (χ3n) is 4.77. The van der Waals surface area contributed by atoms with Gasteiger partial charge in [0.15, 0.2) is 0 Å². The molecule has 1 heterocycles. The summed E-state index contributed by atoms with van der Waals surface area (Å²) >= 11 is 0. The zero-order valence-electron chi connectivity index (χ0n) is 12.3. The van der Waals surface area contributed by atoms with Crippen molar-refractivity contribution >= 4 is 0 Å². The molecule has 2 nitrogen and oxygen atoms in total. The van der Waals surface area contributed by atoms with Crippen LogP contribution < -0.4 is 5.32 Å². The maximum absolute atomic E-state index is 3.65. The van der Waals surface area contributed by atoms with E-state index in [-0.39, 0.29) is 0 Å². The average Bonchev–Trinajstić information content (AvgIpc) is 2.68. The van der Waals surface area contributed by atoms with Gasteiger partial charge in [-0.3, -0.25) is 4.90 Å². The smallest absolute Gasteiger partial charge is 0.0223 e. The number of piperidine rings is 1. The maximum Gasteiger partial charge on any atom is 0.0223 e. The van der Waals surface area contributed by atoms with Crippen LogP contribution in [-0.2, 0) is 0 Å². The van der Waals surface area contributed by atoms with E-state index < -0.39 is 0 Å². The topological polar surface area (TPSA) is 15.3 Å². The summed E-state index contributed by atoms with van der Waals surface area (Å²) in [6.07, 6.45) is 14.4. The van der Waals surface area contributed by atoms with Gasteiger partial charge in [0, 0.05) is 18.6 Å². The lowest BCUT2D eigenvalue weighted by molar-refractivity contribution is 0.0846. The lowest BCUT2D eigenvalue weighted by atomic mass is 9.96. The Bertz CT molecular complexity index is 209. The van der Waals surface area contributed by atoms with Crippen molar-refractivity contribution in [2.75, 3.05) is 19.6 Å². The standard InChI is InChI=1S/C16H32N2/c1-2-12-17-14-16-11-7-8-13-18(16)15-9-5-3-4-6-10-15/h15-17H,2-14H2,1H3. The molecule has 0 spiro atoms. The third kappa shape index (κ3) is 4.24. The second-order valence-corrected chi connectivity index (χ2v) is 6.24. The van der Waals surface area contributed by atoms with Crippen molar-refractivity contribution in [3.05, 3.63) is 0 Å². The zero-order chi connectivity index (χ0) is 12.6. The van der Waals surface area contributed by atoms with E-state index >= 15 is 0 Å². The molecule has 1 N–H and O–H groups in total. The van der Waals surface area contributed by atoms with Crippen LogP contribution in [0.2, 0.25) is 0 Å². The van der Waals surface area contributed by atoms with E-state index in [0.717, 1.165) is 12.1 Å². The molecule has 0 radical (unpaired) electrons. The van der Waals surface area contributed by atoms with Crippen LogP contribution in [0.25, 0.3) is 0 Å². The first-order chi connectivity index (χ1) is 8.92. The molecule has 2 aliphatic rings. The van der Waals surface area contributed by atoms with Crippen LogP contribution in [0.15, 0.2) is 0 Å². The summed E-state index contributed by atoms with van der Waals surface area (Å²) in [6.45, 7) is 6.04. The highest BCUT2D eigenvalue weighted by Gasteiger charge is 2.28. The third-order valence-corrected chi connectivity index (χ3v) is 4.77. The summed E-state index contributed by atoms with van der Waals surface area (Å²) in [5.74, 6) is 0. The summed E-state index contributed by atoms with van der Waals surface area (Å²) in [6, 6.07) is 1.73. The lowest BCUT2D eigenvalue weighted by Crippen LogP contribution is -2.50. The highest BCUT2D eigenvalue weighted by Crippen LogP contribution is 2.27. The molecule has 1 saturated carbocycles. The monoisotopic (exact) mass is 252 g/mol. The van der Waals surface area contributed by atoms with E-state index in [2.05, 4.69) is 17.1 Å². The van der Waals surface area contributed by atoms with Gasteiger partial charge in [-0.15, -0.1) is 0 Å². The zero-order valence-corrected chi connectivity index (χ0v) is 12.3. The van der Waals surface area contributed by atoms with Gasteiger partial charge < -0.3 is 5.32 Å². The Labute approximate surface area is 114 Å². The molecule has 2 fully saturated rings. The van der Waals surface area contributed by atoms with Crippen LogP contribution >= 0.6 is 0 Å². The van der Waals surface area contributed by atoms with Crippen LogP contribution in [0.3, 0.4) is 0 Å². The average molecular weight is 252 g/mol. The minimum atomic E-state index is 0.827. The predicted molar refractivity (Wildman–Crippen MR) is 79.0 cm³/mol. The summed E-state index contributed by atoms with van der Waals surface area (Å²) in [7, 11) is 0. The Hall–Kier alpha value is -0.0800. The number of rotatable bonds is 5. The Morgan fingerprint density at radius 1 is 0.944 bits per heavy atom. The second-order valence-electron chi connectivity index (χ2n) is 6.24. The van der Waals surface area contributed by atoms with Gasteiger partial charge in [-0.2, -0.15) is 0 Å². The summed E-state index contributed by atoms with van der Waals surface area (Å²) in [5.41, 5.74) is 0. The molecule has 1 unspecified atom stereocenters. The number of hydrogen-bond acceptors (Lipinski definition) is 2. The quantitative estimate of drug-likeness (QED) is 0.594. The van der Waals surface area contributed by atoms with E-state index in [1.807, 2.05) is 0 Å². The Morgan fingerprint density at radius 2 is 1.67 bits per heavy atom. The fourth-order valence-electron chi connectivity index (χ4n) is 3.76. The van der Waals surface area contributed by atoms with Crippen LogP contribution in [0, 0.1) is 0 Å². The molecule has 0 amide bonds. The SMILES string of the molecule is CCCNCC1CCCCN1C1CCCCCC1. The summed E-state index contributed by atoms with van der Waals surface area (Å²) < 4.78 is 0. The van der Waals surface area contributed by atoms with Crippen LogP contribution in [0.5, 0.6) is 0 Å². The second kappa shape index (κ2) is 8.16. The number of nitrogens with zero attached hydrogens (tertiary/aromatic N) is 1. The molecule has 2 rings (SSSR count).